The zero-order valence-corrected chi connectivity index (χ0v) is 13.8. The predicted molar refractivity (Wildman–Crippen MR) is 94.1 cm³/mol. The van der Waals surface area contributed by atoms with Gasteiger partial charge >= 0.3 is 6.03 Å². The molecule has 2 aliphatic rings. The van der Waals surface area contributed by atoms with Gasteiger partial charge in [0.25, 0.3) is 0 Å². The van der Waals surface area contributed by atoms with Crippen molar-refractivity contribution < 1.29 is 14.3 Å². The molecular formula is C18H20N4O3. The van der Waals surface area contributed by atoms with Crippen LogP contribution in [0.3, 0.4) is 0 Å². The highest BCUT2D eigenvalue weighted by Crippen LogP contribution is 2.34. The smallest absolute Gasteiger partial charge is 0.319 e. The molecule has 0 atom stereocenters. The lowest BCUT2D eigenvalue weighted by Gasteiger charge is -2.17. The molecule has 0 bridgehead atoms. The average molecular weight is 340 g/mol. The highest BCUT2D eigenvalue weighted by atomic mass is 16.7. The van der Waals surface area contributed by atoms with E-state index in [1.807, 2.05) is 12.1 Å². The van der Waals surface area contributed by atoms with Crippen LogP contribution in [0.1, 0.15) is 18.4 Å². The van der Waals surface area contributed by atoms with Gasteiger partial charge in [-0.05, 0) is 42.7 Å². The van der Waals surface area contributed by atoms with Crippen LogP contribution in [0.5, 0.6) is 11.5 Å². The molecule has 7 nitrogen and oxygen atoms in total. The van der Waals surface area contributed by atoms with Crippen molar-refractivity contribution in [2.24, 2.45) is 0 Å². The number of benzene rings is 1. The molecule has 2 amide bonds. The minimum Gasteiger partial charge on any atom is -0.454 e. The quantitative estimate of drug-likeness (QED) is 0.895. The molecule has 1 fully saturated rings. The molecule has 7 heteroatoms. The van der Waals surface area contributed by atoms with Gasteiger partial charge in [0, 0.05) is 37.6 Å². The summed E-state index contributed by atoms with van der Waals surface area (Å²) in [4.78, 5) is 18.8. The second-order valence-electron chi connectivity index (χ2n) is 6.09. The number of hydrogen-bond donors (Lipinski definition) is 2. The van der Waals surface area contributed by atoms with Crippen LogP contribution in [0.15, 0.2) is 36.5 Å². The molecule has 2 aliphatic heterocycles. The summed E-state index contributed by atoms with van der Waals surface area (Å²) < 4.78 is 10.6. The molecule has 1 aromatic carbocycles. The SMILES string of the molecule is O=C(NCc1ccnc(N2CCCC2)c1)Nc1ccc2c(c1)OCO2. The van der Waals surface area contributed by atoms with Gasteiger partial charge in [0.05, 0.1) is 0 Å². The number of hydrogen-bond acceptors (Lipinski definition) is 5. The Hall–Kier alpha value is -2.96. The fraction of sp³-hybridized carbons (Fsp3) is 0.333. The van der Waals surface area contributed by atoms with Crippen molar-refractivity contribution in [3.8, 4) is 11.5 Å². The summed E-state index contributed by atoms with van der Waals surface area (Å²) in [5, 5.41) is 5.66. The number of rotatable bonds is 4. The summed E-state index contributed by atoms with van der Waals surface area (Å²) in [6, 6.07) is 9.00. The van der Waals surface area contributed by atoms with E-state index in [0.29, 0.717) is 23.7 Å². The Morgan fingerprint density at radius 2 is 1.96 bits per heavy atom. The van der Waals surface area contributed by atoms with E-state index in [1.165, 1.54) is 12.8 Å². The summed E-state index contributed by atoms with van der Waals surface area (Å²) in [5.74, 6) is 2.31. The highest BCUT2D eigenvalue weighted by molar-refractivity contribution is 5.89. The van der Waals surface area contributed by atoms with E-state index < -0.39 is 0 Å². The van der Waals surface area contributed by atoms with E-state index in [2.05, 4.69) is 20.5 Å². The summed E-state index contributed by atoms with van der Waals surface area (Å²) in [6.45, 7) is 2.76. The Kier molecular flexibility index (Phi) is 4.28. The van der Waals surface area contributed by atoms with Gasteiger partial charge in [0.1, 0.15) is 5.82 Å². The molecule has 0 unspecified atom stereocenters. The lowest BCUT2D eigenvalue weighted by molar-refractivity contribution is 0.174. The molecule has 130 valence electrons. The van der Waals surface area contributed by atoms with Crippen molar-refractivity contribution >= 4 is 17.5 Å². The average Bonchev–Trinajstić information content (AvgIpc) is 3.31. The maximum Gasteiger partial charge on any atom is 0.319 e. The van der Waals surface area contributed by atoms with E-state index >= 15 is 0 Å². The lowest BCUT2D eigenvalue weighted by atomic mass is 10.2. The molecule has 0 spiro atoms. The fourth-order valence-corrected chi connectivity index (χ4v) is 3.02. The third kappa shape index (κ3) is 3.60. The van der Waals surface area contributed by atoms with Crippen molar-refractivity contribution in [3.63, 3.8) is 0 Å². The Balaban J connectivity index is 1.33. The molecule has 4 rings (SSSR count). The first-order valence-corrected chi connectivity index (χ1v) is 8.42. The van der Waals surface area contributed by atoms with E-state index in [9.17, 15) is 4.79 Å². The van der Waals surface area contributed by atoms with Gasteiger partial charge in [0.2, 0.25) is 6.79 Å². The van der Waals surface area contributed by atoms with E-state index in [0.717, 1.165) is 24.5 Å². The van der Waals surface area contributed by atoms with Crippen LogP contribution in [-0.2, 0) is 6.54 Å². The number of nitrogens with zero attached hydrogens (tertiary/aromatic N) is 2. The predicted octanol–water partition coefficient (Wildman–Crippen LogP) is 2.73. The lowest BCUT2D eigenvalue weighted by Crippen LogP contribution is -2.28. The zero-order chi connectivity index (χ0) is 17.1. The van der Waals surface area contributed by atoms with Crippen LogP contribution in [0, 0.1) is 0 Å². The van der Waals surface area contributed by atoms with Crippen molar-refractivity contribution in [2.45, 2.75) is 19.4 Å². The number of pyridine rings is 1. The second-order valence-corrected chi connectivity index (χ2v) is 6.09. The topological polar surface area (TPSA) is 75.7 Å². The normalized spacial score (nSPS) is 15.3. The Morgan fingerprint density at radius 1 is 1.12 bits per heavy atom. The van der Waals surface area contributed by atoms with Crippen LogP contribution in [0.4, 0.5) is 16.3 Å². The number of carbonyl (C=O) groups is 1. The number of urea groups is 1. The second kappa shape index (κ2) is 6.88. The first-order valence-electron chi connectivity index (χ1n) is 8.42. The van der Waals surface area contributed by atoms with E-state index in [4.69, 9.17) is 9.47 Å². The van der Waals surface area contributed by atoms with Crippen LogP contribution >= 0.6 is 0 Å². The highest BCUT2D eigenvalue weighted by Gasteiger charge is 2.15. The molecule has 0 aliphatic carbocycles. The van der Waals surface area contributed by atoms with Gasteiger partial charge in [0.15, 0.2) is 11.5 Å². The van der Waals surface area contributed by atoms with Crippen molar-refractivity contribution in [3.05, 3.63) is 42.1 Å². The fourth-order valence-electron chi connectivity index (χ4n) is 3.02. The van der Waals surface area contributed by atoms with Crippen molar-refractivity contribution in [1.29, 1.82) is 0 Å². The molecule has 0 radical (unpaired) electrons. The Bertz CT molecular complexity index is 775. The summed E-state index contributed by atoms with van der Waals surface area (Å²) >= 11 is 0. The molecule has 1 saturated heterocycles. The van der Waals surface area contributed by atoms with Gasteiger partial charge in [-0.25, -0.2) is 9.78 Å². The minimum atomic E-state index is -0.265. The third-order valence-electron chi connectivity index (χ3n) is 4.32. The van der Waals surface area contributed by atoms with Crippen LogP contribution in [0.2, 0.25) is 0 Å². The number of carbonyl (C=O) groups excluding carboxylic acids is 1. The van der Waals surface area contributed by atoms with Crippen LogP contribution in [-0.4, -0.2) is 30.9 Å². The van der Waals surface area contributed by atoms with Crippen LogP contribution in [0.25, 0.3) is 0 Å². The van der Waals surface area contributed by atoms with E-state index in [-0.39, 0.29) is 12.8 Å². The standard InChI is InChI=1S/C18H20N4O3/c23-18(21-14-3-4-15-16(10-14)25-12-24-15)20-11-13-5-6-19-17(9-13)22-7-1-2-8-22/h3-6,9-10H,1-2,7-8,11-12H2,(H2,20,21,23). The molecule has 3 heterocycles. The number of aromatic nitrogens is 1. The van der Waals surface area contributed by atoms with Gasteiger partial charge in [-0.2, -0.15) is 0 Å². The van der Waals surface area contributed by atoms with Crippen molar-refractivity contribution in [1.82, 2.24) is 10.3 Å². The minimum absolute atomic E-state index is 0.215. The van der Waals surface area contributed by atoms with E-state index in [1.54, 1.807) is 24.4 Å². The summed E-state index contributed by atoms with van der Waals surface area (Å²) in [5.41, 5.74) is 1.69. The molecule has 2 aromatic rings. The van der Waals surface area contributed by atoms with Crippen LogP contribution < -0.4 is 25.0 Å². The maximum atomic E-state index is 12.1. The summed E-state index contributed by atoms with van der Waals surface area (Å²) in [6.07, 6.45) is 4.21. The number of amides is 2. The number of ether oxygens (including phenoxy) is 2. The number of nitrogens with one attached hydrogen (secondary N) is 2. The monoisotopic (exact) mass is 340 g/mol. The largest absolute Gasteiger partial charge is 0.454 e. The number of fused-ring (bicyclic) bond motifs is 1. The Labute approximate surface area is 145 Å². The maximum absolute atomic E-state index is 12.1. The third-order valence-corrected chi connectivity index (χ3v) is 4.32. The molecule has 2 N–H and O–H groups in total. The molecular weight excluding hydrogens is 320 g/mol. The first-order chi connectivity index (χ1) is 12.3. The molecule has 1 aromatic heterocycles. The van der Waals surface area contributed by atoms with Crippen molar-refractivity contribution in [2.75, 3.05) is 30.1 Å². The zero-order valence-electron chi connectivity index (χ0n) is 13.8. The first kappa shape index (κ1) is 15.6. The summed E-state index contributed by atoms with van der Waals surface area (Å²) in [7, 11) is 0. The van der Waals surface area contributed by atoms with Gasteiger partial charge in [-0.15, -0.1) is 0 Å². The molecule has 0 saturated carbocycles. The number of anilines is 2. The van der Waals surface area contributed by atoms with Gasteiger partial charge < -0.3 is 25.0 Å². The van der Waals surface area contributed by atoms with Gasteiger partial charge in [-0.1, -0.05) is 0 Å². The Morgan fingerprint density at radius 3 is 2.84 bits per heavy atom. The molecule has 25 heavy (non-hydrogen) atoms. The van der Waals surface area contributed by atoms with Gasteiger partial charge in [-0.3, -0.25) is 0 Å².